The SMILES string of the molecule is Cl.NCc1cc(C(=O)NCC(O)COc2ccc(F)cc2)co1. The molecule has 6 nitrogen and oxygen atoms in total. The summed E-state index contributed by atoms with van der Waals surface area (Å²) in [7, 11) is 0. The minimum absolute atomic E-state index is 0. The smallest absolute Gasteiger partial charge is 0.254 e. The van der Waals surface area contributed by atoms with Crippen molar-refractivity contribution in [2.24, 2.45) is 5.73 Å². The lowest BCUT2D eigenvalue weighted by atomic mass is 10.2. The second-order valence-corrected chi connectivity index (χ2v) is 4.63. The Morgan fingerprint density at radius 3 is 2.70 bits per heavy atom. The molecule has 0 bridgehead atoms. The van der Waals surface area contributed by atoms with E-state index >= 15 is 0 Å². The molecule has 1 aromatic carbocycles. The number of rotatable bonds is 7. The largest absolute Gasteiger partial charge is 0.491 e. The van der Waals surface area contributed by atoms with Crippen molar-refractivity contribution in [1.82, 2.24) is 5.32 Å². The third-order valence-corrected chi connectivity index (χ3v) is 2.87. The monoisotopic (exact) mass is 344 g/mol. The van der Waals surface area contributed by atoms with E-state index < -0.39 is 6.10 Å². The first-order valence-electron chi connectivity index (χ1n) is 6.70. The molecular weight excluding hydrogens is 327 g/mol. The number of furan rings is 1. The fourth-order valence-corrected chi connectivity index (χ4v) is 1.70. The third kappa shape index (κ3) is 5.90. The molecule has 0 saturated heterocycles. The molecule has 0 aliphatic carbocycles. The fourth-order valence-electron chi connectivity index (χ4n) is 1.70. The Balaban J connectivity index is 0.00000264. The van der Waals surface area contributed by atoms with E-state index in [1.807, 2.05) is 0 Å². The second kappa shape index (κ2) is 9.14. The van der Waals surface area contributed by atoms with Crippen molar-refractivity contribution >= 4 is 18.3 Å². The van der Waals surface area contributed by atoms with Gasteiger partial charge >= 0.3 is 0 Å². The number of carbonyl (C=O) groups excluding carboxylic acids is 1. The first kappa shape index (κ1) is 19.0. The van der Waals surface area contributed by atoms with Crippen LogP contribution in [-0.4, -0.2) is 30.3 Å². The lowest BCUT2D eigenvalue weighted by molar-refractivity contribution is 0.0843. The molecule has 1 heterocycles. The van der Waals surface area contributed by atoms with Gasteiger partial charge in [-0.2, -0.15) is 0 Å². The second-order valence-electron chi connectivity index (χ2n) is 4.63. The van der Waals surface area contributed by atoms with Crippen LogP contribution in [0.25, 0.3) is 0 Å². The number of hydrogen-bond acceptors (Lipinski definition) is 5. The van der Waals surface area contributed by atoms with E-state index in [2.05, 4.69) is 5.32 Å². The molecule has 0 aliphatic rings. The number of amides is 1. The first-order chi connectivity index (χ1) is 10.6. The van der Waals surface area contributed by atoms with Gasteiger partial charge in [-0.25, -0.2) is 4.39 Å². The van der Waals surface area contributed by atoms with Gasteiger partial charge in [0.2, 0.25) is 0 Å². The standard InChI is InChI=1S/C15H17FN2O4.ClH/c16-11-1-3-13(4-2-11)22-9-12(19)7-18-15(20)10-5-14(6-17)21-8-10;/h1-5,8,12,19H,6-7,9,17H2,(H,18,20);1H. The zero-order valence-corrected chi connectivity index (χ0v) is 13.0. The van der Waals surface area contributed by atoms with E-state index in [1.165, 1.54) is 36.6 Å². The summed E-state index contributed by atoms with van der Waals surface area (Å²) in [4.78, 5) is 11.8. The number of carbonyl (C=O) groups is 1. The van der Waals surface area contributed by atoms with Gasteiger partial charge < -0.3 is 25.3 Å². The Morgan fingerprint density at radius 1 is 1.39 bits per heavy atom. The summed E-state index contributed by atoms with van der Waals surface area (Å²) in [6.07, 6.45) is 0.411. The minimum Gasteiger partial charge on any atom is -0.491 e. The number of benzene rings is 1. The highest BCUT2D eigenvalue weighted by Crippen LogP contribution is 2.11. The summed E-state index contributed by atoms with van der Waals surface area (Å²) in [5.74, 6) is 0.209. The minimum atomic E-state index is -0.894. The molecule has 8 heteroatoms. The molecule has 1 aromatic heterocycles. The molecular formula is C15H18ClFN2O4. The van der Waals surface area contributed by atoms with Gasteiger partial charge in [0, 0.05) is 6.54 Å². The molecule has 2 aromatic rings. The first-order valence-corrected chi connectivity index (χ1v) is 6.70. The van der Waals surface area contributed by atoms with Gasteiger partial charge in [0.1, 0.15) is 36.3 Å². The highest BCUT2D eigenvalue weighted by molar-refractivity contribution is 5.93. The molecule has 0 fully saturated rings. The van der Waals surface area contributed by atoms with Crippen molar-refractivity contribution in [1.29, 1.82) is 0 Å². The Morgan fingerprint density at radius 2 is 2.09 bits per heavy atom. The summed E-state index contributed by atoms with van der Waals surface area (Å²) in [6, 6.07) is 6.98. The van der Waals surface area contributed by atoms with Crippen LogP contribution in [0.1, 0.15) is 16.1 Å². The van der Waals surface area contributed by atoms with Gasteiger partial charge in [-0.15, -0.1) is 12.4 Å². The number of halogens is 2. The Labute approximate surface area is 138 Å². The maximum Gasteiger partial charge on any atom is 0.254 e. The number of nitrogens with two attached hydrogens (primary N) is 1. The predicted octanol–water partition coefficient (Wildman–Crippen LogP) is 1.47. The number of ether oxygens (including phenoxy) is 1. The van der Waals surface area contributed by atoms with E-state index in [9.17, 15) is 14.3 Å². The van der Waals surface area contributed by atoms with Crippen LogP contribution in [0.2, 0.25) is 0 Å². The van der Waals surface area contributed by atoms with Crippen LogP contribution < -0.4 is 15.8 Å². The van der Waals surface area contributed by atoms with E-state index in [4.69, 9.17) is 14.9 Å². The lowest BCUT2D eigenvalue weighted by Gasteiger charge is -2.13. The predicted molar refractivity (Wildman–Crippen MR) is 84.1 cm³/mol. The third-order valence-electron chi connectivity index (χ3n) is 2.87. The highest BCUT2D eigenvalue weighted by Gasteiger charge is 2.12. The fraction of sp³-hybridized carbons (Fsp3) is 0.267. The van der Waals surface area contributed by atoms with E-state index in [0.29, 0.717) is 17.1 Å². The van der Waals surface area contributed by atoms with Crippen LogP contribution in [0.4, 0.5) is 4.39 Å². The molecule has 1 unspecified atom stereocenters. The van der Waals surface area contributed by atoms with Gasteiger partial charge in [0.15, 0.2) is 0 Å². The van der Waals surface area contributed by atoms with Crippen LogP contribution in [0.5, 0.6) is 5.75 Å². The van der Waals surface area contributed by atoms with Crippen LogP contribution in [0.3, 0.4) is 0 Å². The maximum atomic E-state index is 12.7. The van der Waals surface area contributed by atoms with Crippen LogP contribution in [0, 0.1) is 5.82 Å². The molecule has 0 aliphatic heterocycles. The highest BCUT2D eigenvalue weighted by atomic mass is 35.5. The molecule has 4 N–H and O–H groups in total. The summed E-state index contributed by atoms with van der Waals surface area (Å²) >= 11 is 0. The molecule has 0 spiro atoms. The van der Waals surface area contributed by atoms with Crippen LogP contribution in [-0.2, 0) is 6.54 Å². The van der Waals surface area contributed by atoms with Crippen molar-refractivity contribution in [3.8, 4) is 5.75 Å². The number of nitrogens with one attached hydrogen (secondary N) is 1. The molecule has 1 amide bonds. The molecule has 2 rings (SSSR count). The lowest BCUT2D eigenvalue weighted by Crippen LogP contribution is -2.35. The van der Waals surface area contributed by atoms with E-state index in [0.717, 1.165) is 0 Å². The Hall–Kier alpha value is -2.09. The van der Waals surface area contributed by atoms with Gasteiger partial charge in [-0.05, 0) is 30.3 Å². The Kier molecular flexibility index (Phi) is 7.53. The average molecular weight is 345 g/mol. The molecule has 23 heavy (non-hydrogen) atoms. The summed E-state index contributed by atoms with van der Waals surface area (Å²) < 4.78 is 23.0. The van der Waals surface area contributed by atoms with Crippen molar-refractivity contribution in [2.45, 2.75) is 12.6 Å². The maximum absolute atomic E-state index is 12.7. The van der Waals surface area contributed by atoms with Gasteiger partial charge in [0.05, 0.1) is 12.1 Å². The topological polar surface area (TPSA) is 97.7 Å². The van der Waals surface area contributed by atoms with E-state index in [1.54, 1.807) is 0 Å². The van der Waals surface area contributed by atoms with Crippen molar-refractivity contribution < 1.29 is 23.4 Å². The zero-order chi connectivity index (χ0) is 15.9. The van der Waals surface area contributed by atoms with Crippen molar-refractivity contribution in [3.63, 3.8) is 0 Å². The molecule has 0 saturated carbocycles. The molecule has 1 atom stereocenters. The quantitative estimate of drug-likeness (QED) is 0.706. The molecule has 126 valence electrons. The number of aliphatic hydroxyl groups is 1. The van der Waals surface area contributed by atoms with Gasteiger partial charge in [-0.1, -0.05) is 0 Å². The van der Waals surface area contributed by atoms with Crippen LogP contribution in [0.15, 0.2) is 41.0 Å². The van der Waals surface area contributed by atoms with Gasteiger partial charge in [0.25, 0.3) is 5.91 Å². The summed E-state index contributed by atoms with van der Waals surface area (Å²) in [5.41, 5.74) is 5.72. The van der Waals surface area contributed by atoms with Gasteiger partial charge in [-0.3, -0.25) is 4.79 Å². The van der Waals surface area contributed by atoms with Crippen molar-refractivity contribution in [2.75, 3.05) is 13.2 Å². The van der Waals surface area contributed by atoms with E-state index in [-0.39, 0.29) is 43.8 Å². The number of aliphatic hydroxyl groups excluding tert-OH is 1. The summed E-state index contributed by atoms with van der Waals surface area (Å²) in [6.45, 7) is 0.204. The van der Waals surface area contributed by atoms with Crippen LogP contribution >= 0.6 is 12.4 Å². The number of hydrogen-bond donors (Lipinski definition) is 3. The summed E-state index contributed by atoms with van der Waals surface area (Å²) in [5, 5.41) is 12.3. The normalized spacial score (nSPS) is 11.4. The van der Waals surface area contributed by atoms with Crippen molar-refractivity contribution in [3.05, 3.63) is 53.7 Å². The molecule has 0 radical (unpaired) electrons. The average Bonchev–Trinajstić information content (AvgIpc) is 3.01. The Bertz CT molecular complexity index is 618. The zero-order valence-electron chi connectivity index (χ0n) is 12.2.